The topological polar surface area (TPSA) is 12.5 Å². The van der Waals surface area contributed by atoms with Crippen LogP contribution in [-0.2, 0) is 0 Å². The van der Waals surface area contributed by atoms with Crippen LogP contribution < -0.4 is 9.64 Å². The average molecular weight is 614 g/mol. The highest BCUT2D eigenvalue weighted by Gasteiger charge is 2.25. The highest BCUT2D eigenvalue weighted by Crippen LogP contribution is 2.52. The normalized spacial score (nSPS) is 11.5. The lowest BCUT2D eigenvalue weighted by Gasteiger charge is -2.31. The van der Waals surface area contributed by atoms with Crippen molar-refractivity contribution in [3.63, 3.8) is 0 Å². The molecule has 2 heteroatoms. The highest BCUT2D eigenvalue weighted by atomic mass is 16.5. The van der Waals surface area contributed by atoms with Crippen molar-refractivity contribution in [3.8, 4) is 56.0 Å². The van der Waals surface area contributed by atoms with Gasteiger partial charge in [0.1, 0.15) is 11.5 Å². The van der Waals surface area contributed by atoms with E-state index in [-0.39, 0.29) is 0 Å². The molecule has 0 fully saturated rings. The molecule has 1 aliphatic heterocycles. The van der Waals surface area contributed by atoms with Crippen molar-refractivity contribution in [2.45, 2.75) is 0 Å². The van der Waals surface area contributed by atoms with Crippen molar-refractivity contribution < 1.29 is 4.74 Å². The standard InChI is InChI=1S/C46H31NO/c1-4-12-32(13-5-1)34-22-26-38(27-23-34)47(39-28-24-35(25-29-39)33-14-6-2-7-15-33)43-30-42-40-20-10-18-37-19-11-21-44(46(37)40)48-45(42)31-41(43)36-16-8-3-9-17-36/h1-31H. The molecule has 0 atom stereocenters. The summed E-state index contributed by atoms with van der Waals surface area (Å²) in [5.41, 5.74) is 12.5. The number of hydrogen-bond donors (Lipinski definition) is 0. The van der Waals surface area contributed by atoms with E-state index in [0.717, 1.165) is 50.6 Å². The summed E-state index contributed by atoms with van der Waals surface area (Å²) in [6, 6.07) is 66.9. The molecule has 0 amide bonds. The van der Waals surface area contributed by atoms with Crippen molar-refractivity contribution in [1.82, 2.24) is 0 Å². The van der Waals surface area contributed by atoms with Gasteiger partial charge in [0.15, 0.2) is 0 Å². The van der Waals surface area contributed by atoms with Crippen LogP contribution in [-0.4, -0.2) is 0 Å². The summed E-state index contributed by atoms with van der Waals surface area (Å²) in [5, 5.41) is 2.33. The maximum Gasteiger partial charge on any atom is 0.136 e. The molecule has 8 aromatic rings. The van der Waals surface area contributed by atoms with Crippen LogP contribution in [0.5, 0.6) is 11.5 Å². The summed E-state index contributed by atoms with van der Waals surface area (Å²) in [6.07, 6.45) is 0. The number of rotatable bonds is 6. The zero-order valence-electron chi connectivity index (χ0n) is 26.3. The fourth-order valence-corrected chi connectivity index (χ4v) is 6.93. The molecule has 0 aromatic heterocycles. The van der Waals surface area contributed by atoms with Gasteiger partial charge >= 0.3 is 0 Å². The quantitative estimate of drug-likeness (QED) is 0.185. The Hall–Kier alpha value is -6.38. The fourth-order valence-electron chi connectivity index (χ4n) is 6.93. The third-order valence-corrected chi connectivity index (χ3v) is 9.27. The van der Waals surface area contributed by atoms with Gasteiger partial charge in [0.05, 0.1) is 5.69 Å². The predicted octanol–water partition coefficient (Wildman–Crippen LogP) is 13.1. The van der Waals surface area contributed by atoms with Crippen molar-refractivity contribution >= 4 is 27.8 Å². The van der Waals surface area contributed by atoms with Crippen molar-refractivity contribution in [3.05, 3.63) is 188 Å². The van der Waals surface area contributed by atoms with E-state index in [1.54, 1.807) is 0 Å². The highest BCUT2D eigenvalue weighted by molar-refractivity contribution is 6.06. The monoisotopic (exact) mass is 613 g/mol. The van der Waals surface area contributed by atoms with Gasteiger partial charge in [-0.2, -0.15) is 0 Å². The number of benzene rings is 8. The summed E-state index contributed by atoms with van der Waals surface area (Å²) in [5.74, 6) is 1.76. The molecule has 0 saturated heterocycles. The van der Waals surface area contributed by atoms with Crippen molar-refractivity contribution in [2.75, 3.05) is 4.90 Å². The van der Waals surface area contributed by atoms with Gasteiger partial charge in [-0.05, 0) is 81.2 Å². The Bertz CT molecular complexity index is 2290. The van der Waals surface area contributed by atoms with E-state index in [9.17, 15) is 0 Å². The number of anilines is 3. The first kappa shape index (κ1) is 27.9. The lowest BCUT2D eigenvalue weighted by atomic mass is 9.91. The second-order valence-corrected chi connectivity index (χ2v) is 12.2. The minimum absolute atomic E-state index is 0.864. The van der Waals surface area contributed by atoms with Crippen LogP contribution in [0.25, 0.3) is 55.3 Å². The fraction of sp³-hybridized carbons (Fsp3) is 0. The molecule has 9 rings (SSSR count). The van der Waals surface area contributed by atoms with Crippen molar-refractivity contribution in [2.24, 2.45) is 0 Å². The Labute approximate surface area is 280 Å². The van der Waals surface area contributed by atoms with Crippen LogP contribution in [0.4, 0.5) is 17.1 Å². The molecular formula is C46H31NO. The molecule has 1 aliphatic rings. The summed E-state index contributed by atoms with van der Waals surface area (Å²) in [4.78, 5) is 2.38. The lowest BCUT2D eigenvalue weighted by molar-refractivity contribution is 0.487. The zero-order chi connectivity index (χ0) is 31.9. The molecule has 48 heavy (non-hydrogen) atoms. The summed E-state index contributed by atoms with van der Waals surface area (Å²) in [7, 11) is 0. The van der Waals surface area contributed by atoms with E-state index < -0.39 is 0 Å². The minimum Gasteiger partial charge on any atom is -0.456 e. The number of hydrogen-bond acceptors (Lipinski definition) is 2. The molecule has 1 heterocycles. The van der Waals surface area contributed by atoms with E-state index in [2.05, 4.69) is 193 Å². The first-order valence-corrected chi connectivity index (χ1v) is 16.3. The van der Waals surface area contributed by atoms with Gasteiger partial charge in [-0.3, -0.25) is 0 Å². The number of nitrogens with zero attached hydrogens (tertiary/aromatic N) is 1. The number of fused-ring (bicyclic) bond motifs is 2. The molecule has 0 spiro atoms. The van der Waals surface area contributed by atoms with E-state index in [0.29, 0.717) is 0 Å². The third kappa shape index (κ3) is 4.92. The second kappa shape index (κ2) is 11.8. The predicted molar refractivity (Wildman–Crippen MR) is 200 cm³/mol. The molecule has 0 saturated carbocycles. The molecule has 226 valence electrons. The summed E-state index contributed by atoms with van der Waals surface area (Å²) < 4.78 is 6.67. The molecule has 0 aliphatic carbocycles. The lowest BCUT2D eigenvalue weighted by Crippen LogP contribution is -2.12. The smallest absolute Gasteiger partial charge is 0.136 e. The molecule has 0 unspecified atom stereocenters. The Balaban J connectivity index is 1.27. The maximum absolute atomic E-state index is 6.67. The molecular weight excluding hydrogens is 583 g/mol. The second-order valence-electron chi connectivity index (χ2n) is 12.2. The zero-order valence-corrected chi connectivity index (χ0v) is 26.3. The van der Waals surface area contributed by atoms with E-state index in [1.807, 2.05) is 0 Å². The first-order valence-electron chi connectivity index (χ1n) is 16.3. The van der Waals surface area contributed by atoms with E-state index in [4.69, 9.17) is 4.74 Å². The van der Waals surface area contributed by atoms with Crippen molar-refractivity contribution in [1.29, 1.82) is 0 Å². The van der Waals surface area contributed by atoms with Gasteiger partial charge in [-0.25, -0.2) is 0 Å². The maximum atomic E-state index is 6.67. The van der Waals surface area contributed by atoms with Crippen LogP contribution >= 0.6 is 0 Å². The van der Waals surface area contributed by atoms with Crippen LogP contribution in [0.2, 0.25) is 0 Å². The molecule has 0 bridgehead atoms. The van der Waals surface area contributed by atoms with E-state index >= 15 is 0 Å². The third-order valence-electron chi connectivity index (χ3n) is 9.27. The Morgan fingerprint density at radius 3 is 1.40 bits per heavy atom. The van der Waals surface area contributed by atoms with Crippen LogP contribution in [0, 0.1) is 0 Å². The minimum atomic E-state index is 0.864. The van der Waals surface area contributed by atoms with E-state index in [1.165, 1.54) is 33.2 Å². The van der Waals surface area contributed by atoms with Crippen LogP contribution in [0.15, 0.2) is 188 Å². The Morgan fingerprint density at radius 2 is 0.833 bits per heavy atom. The van der Waals surface area contributed by atoms with Gasteiger partial charge in [0.25, 0.3) is 0 Å². The Morgan fingerprint density at radius 1 is 0.333 bits per heavy atom. The molecule has 0 radical (unpaired) electrons. The first-order chi connectivity index (χ1) is 23.8. The summed E-state index contributed by atoms with van der Waals surface area (Å²) in [6.45, 7) is 0. The molecule has 8 aromatic carbocycles. The van der Waals surface area contributed by atoms with Crippen LogP contribution in [0.3, 0.4) is 0 Å². The Kier molecular flexibility index (Phi) is 6.84. The van der Waals surface area contributed by atoms with Gasteiger partial charge < -0.3 is 9.64 Å². The summed E-state index contributed by atoms with van der Waals surface area (Å²) >= 11 is 0. The van der Waals surface area contributed by atoms with Gasteiger partial charge in [-0.15, -0.1) is 0 Å². The molecule has 2 nitrogen and oxygen atoms in total. The van der Waals surface area contributed by atoms with Gasteiger partial charge in [-0.1, -0.05) is 146 Å². The SMILES string of the molecule is c1ccc(-c2ccc(N(c3ccc(-c4ccccc4)cc3)c3cc4c(cc3-c3ccccc3)Oc3cccc5cccc-4c35)cc2)cc1. The molecule has 0 N–H and O–H groups in total. The largest absolute Gasteiger partial charge is 0.456 e. The van der Waals surface area contributed by atoms with Gasteiger partial charge in [0.2, 0.25) is 0 Å². The van der Waals surface area contributed by atoms with Gasteiger partial charge in [0, 0.05) is 27.9 Å². The van der Waals surface area contributed by atoms with Crippen LogP contribution in [0.1, 0.15) is 0 Å². The average Bonchev–Trinajstić information content (AvgIpc) is 3.17. The number of ether oxygens (including phenoxy) is 1.